The van der Waals surface area contributed by atoms with Gasteiger partial charge in [0.25, 0.3) is 0 Å². The van der Waals surface area contributed by atoms with Gasteiger partial charge in [0.2, 0.25) is 0 Å². The first-order chi connectivity index (χ1) is 11.3. The lowest BCUT2D eigenvalue weighted by Gasteiger charge is -2.31. The Morgan fingerprint density at radius 3 is 2.57 bits per heavy atom. The van der Waals surface area contributed by atoms with Crippen molar-refractivity contribution in [3.05, 3.63) is 60.2 Å². The molecule has 0 atom stereocenters. The summed E-state index contributed by atoms with van der Waals surface area (Å²) in [7, 11) is 0. The average molecular weight is 314 g/mol. The third kappa shape index (κ3) is 5.03. The number of nitrogens with zero attached hydrogens (tertiary/aromatic N) is 2. The molecule has 0 amide bonds. The fourth-order valence-corrected chi connectivity index (χ4v) is 3.05. The molecule has 2 heterocycles. The van der Waals surface area contributed by atoms with Crippen LogP contribution in [0.3, 0.4) is 0 Å². The summed E-state index contributed by atoms with van der Waals surface area (Å²) in [5.41, 5.74) is 1.20. The van der Waals surface area contributed by atoms with Gasteiger partial charge in [0.15, 0.2) is 0 Å². The van der Waals surface area contributed by atoms with Crippen LogP contribution < -0.4 is 4.74 Å². The second-order valence-electron chi connectivity index (χ2n) is 6.11. The van der Waals surface area contributed by atoms with Crippen LogP contribution in [-0.4, -0.2) is 36.1 Å². The van der Waals surface area contributed by atoms with Crippen LogP contribution in [0.2, 0.25) is 0 Å². The molecule has 0 unspecified atom stereocenters. The second kappa shape index (κ2) is 8.06. The van der Waals surface area contributed by atoms with Crippen molar-refractivity contribution in [2.75, 3.05) is 26.2 Å². The van der Waals surface area contributed by atoms with Crippen molar-refractivity contribution in [2.45, 2.75) is 19.3 Å². The first-order valence-corrected chi connectivity index (χ1v) is 8.30. The maximum Gasteiger partial charge on any atom is 0.123 e. The van der Waals surface area contributed by atoms with Gasteiger partial charge in [-0.15, -0.1) is 0 Å². The van der Waals surface area contributed by atoms with Gasteiger partial charge in [-0.2, -0.15) is 0 Å². The fraction of sp³-hybridized carbons (Fsp3) is 0.421. The van der Waals surface area contributed by atoms with Crippen molar-refractivity contribution >= 4 is 0 Å². The van der Waals surface area contributed by atoms with Crippen LogP contribution in [-0.2, 0) is 6.42 Å². The van der Waals surface area contributed by atoms with Gasteiger partial charge in [0.1, 0.15) is 18.2 Å². The largest absolute Gasteiger partial charge is 0.492 e. The highest BCUT2D eigenvalue weighted by atomic mass is 19.1. The maximum atomic E-state index is 12.8. The molecule has 1 aliphatic heterocycles. The summed E-state index contributed by atoms with van der Waals surface area (Å²) < 4.78 is 18.5. The summed E-state index contributed by atoms with van der Waals surface area (Å²) in [6.07, 6.45) is 5.39. The summed E-state index contributed by atoms with van der Waals surface area (Å²) in [5, 5.41) is 0. The lowest BCUT2D eigenvalue weighted by atomic mass is 9.92. The minimum absolute atomic E-state index is 0.229. The molecule has 4 heteroatoms. The summed E-state index contributed by atoms with van der Waals surface area (Å²) in [5.74, 6) is 1.24. The van der Waals surface area contributed by atoms with E-state index in [0.29, 0.717) is 6.61 Å². The van der Waals surface area contributed by atoms with Crippen molar-refractivity contribution in [1.29, 1.82) is 0 Å². The predicted octanol–water partition coefficient (Wildman–Crippen LogP) is 3.55. The van der Waals surface area contributed by atoms with E-state index in [1.54, 1.807) is 12.1 Å². The Labute approximate surface area is 137 Å². The molecule has 1 fully saturated rings. The molecule has 3 rings (SSSR count). The number of benzene rings is 1. The number of halogens is 1. The monoisotopic (exact) mass is 314 g/mol. The van der Waals surface area contributed by atoms with Crippen LogP contribution in [0.5, 0.6) is 5.75 Å². The van der Waals surface area contributed by atoms with E-state index in [1.165, 1.54) is 30.7 Å². The van der Waals surface area contributed by atoms with E-state index in [0.717, 1.165) is 37.7 Å². The van der Waals surface area contributed by atoms with Gasteiger partial charge in [-0.1, -0.05) is 6.07 Å². The van der Waals surface area contributed by atoms with Gasteiger partial charge in [0, 0.05) is 18.4 Å². The zero-order chi connectivity index (χ0) is 15.9. The Bertz CT molecular complexity index is 580. The Hall–Kier alpha value is -1.94. The maximum absolute atomic E-state index is 12.8. The molecular weight excluding hydrogens is 291 g/mol. The van der Waals surface area contributed by atoms with Crippen LogP contribution in [0, 0.1) is 11.7 Å². The summed E-state index contributed by atoms with van der Waals surface area (Å²) in [4.78, 5) is 6.86. The molecule has 2 aromatic rings. The molecule has 1 aromatic carbocycles. The van der Waals surface area contributed by atoms with E-state index in [1.807, 2.05) is 12.3 Å². The van der Waals surface area contributed by atoms with E-state index in [9.17, 15) is 4.39 Å². The molecule has 0 spiro atoms. The molecule has 0 saturated carbocycles. The van der Waals surface area contributed by atoms with Crippen LogP contribution in [0.15, 0.2) is 48.7 Å². The molecule has 0 bridgehead atoms. The molecule has 122 valence electrons. The fourth-order valence-electron chi connectivity index (χ4n) is 3.05. The van der Waals surface area contributed by atoms with Crippen molar-refractivity contribution < 1.29 is 9.13 Å². The van der Waals surface area contributed by atoms with E-state index in [-0.39, 0.29) is 5.82 Å². The van der Waals surface area contributed by atoms with Gasteiger partial charge in [-0.3, -0.25) is 9.88 Å². The Morgan fingerprint density at radius 1 is 1.09 bits per heavy atom. The molecule has 3 nitrogen and oxygen atoms in total. The zero-order valence-corrected chi connectivity index (χ0v) is 13.3. The SMILES string of the molecule is Fc1ccc(OCCN2CCC(Cc3ccccn3)CC2)cc1. The topological polar surface area (TPSA) is 25.4 Å². The highest BCUT2D eigenvalue weighted by molar-refractivity contribution is 5.21. The predicted molar refractivity (Wildman–Crippen MR) is 89.0 cm³/mol. The molecule has 23 heavy (non-hydrogen) atoms. The van der Waals surface area contributed by atoms with Gasteiger partial charge in [-0.05, 0) is 74.7 Å². The first-order valence-electron chi connectivity index (χ1n) is 8.30. The van der Waals surface area contributed by atoms with Crippen LogP contribution in [0.4, 0.5) is 4.39 Å². The van der Waals surface area contributed by atoms with Crippen molar-refractivity contribution in [1.82, 2.24) is 9.88 Å². The van der Waals surface area contributed by atoms with E-state index in [2.05, 4.69) is 22.0 Å². The first kappa shape index (κ1) is 15.9. The van der Waals surface area contributed by atoms with Crippen molar-refractivity contribution in [3.63, 3.8) is 0 Å². The van der Waals surface area contributed by atoms with Gasteiger partial charge in [0.05, 0.1) is 0 Å². The quantitative estimate of drug-likeness (QED) is 0.815. The number of piperidine rings is 1. The summed E-state index contributed by atoms with van der Waals surface area (Å²) in [6.45, 7) is 3.80. The van der Waals surface area contributed by atoms with Crippen LogP contribution in [0.25, 0.3) is 0 Å². The Morgan fingerprint density at radius 2 is 1.87 bits per heavy atom. The smallest absolute Gasteiger partial charge is 0.123 e. The van der Waals surface area contributed by atoms with Crippen LogP contribution in [0.1, 0.15) is 18.5 Å². The standard InChI is InChI=1S/C19H23FN2O/c20-17-4-6-19(7-5-17)23-14-13-22-11-8-16(9-12-22)15-18-3-1-2-10-21-18/h1-7,10,16H,8-9,11-15H2. The number of ether oxygens (including phenoxy) is 1. The number of hydrogen-bond acceptors (Lipinski definition) is 3. The highest BCUT2D eigenvalue weighted by Gasteiger charge is 2.19. The summed E-state index contributed by atoms with van der Waals surface area (Å²) in [6, 6.07) is 12.3. The van der Waals surface area contributed by atoms with Crippen molar-refractivity contribution in [3.8, 4) is 5.75 Å². The van der Waals surface area contributed by atoms with E-state index < -0.39 is 0 Å². The molecule has 0 N–H and O–H groups in total. The minimum Gasteiger partial charge on any atom is -0.492 e. The Kier molecular flexibility index (Phi) is 5.59. The lowest BCUT2D eigenvalue weighted by Crippen LogP contribution is -2.37. The zero-order valence-electron chi connectivity index (χ0n) is 13.3. The number of hydrogen-bond donors (Lipinski definition) is 0. The third-order valence-corrected chi connectivity index (χ3v) is 4.42. The van der Waals surface area contributed by atoms with Crippen LogP contribution >= 0.6 is 0 Å². The normalized spacial score (nSPS) is 16.4. The average Bonchev–Trinajstić information content (AvgIpc) is 2.59. The third-order valence-electron chi connectivity index (χ3n) is 4.42. The Balaban J connectivity index is 1.35. The molecule has 0 radical (unpaired) electrons. The highest BCUT2D eigenvalue weighted by Crippen LogP contribution is 2.20. The molecule has 1 aromatic heterocycles. The van der Waals surface area contributed by atoms with Gasteiger partial charge in [-0.25, -0.2) is 4.39 Å². The molecule has 1 saturated heterocycles. The number of rotatable bonds is 6. The number of likely N-dealkylation sites (tertiary alicyclic amines) is 1. The molecule has 1 aliphatic rings. The molecular formula is C19H23FN2O. The second-order valence-corrected chi connectivity index (χ2v) is 6.11. The number of pyridine rings is 1. The summed E-state index contributed by atoms with van der Waals surface area (Å²) >= 11 is 0. The number of aromatic nitrogens is 1. The molecule has 0 aliphatic carbocycles. The van der Waals surface area contributed by atoms with E-state index >= 15 is 0 Å². The van der Waals surface area contributed by atoms with Crippen molar-refractivity contribution in [2.24, 2.45) is 5.92 Å². The minimum atomic E-state index is -0.229. The lowest BCUT2D eigenvalue weighted by molar-refractivity contribution is 0.154. The van der Waals surface area contributed by atoms with Gasteiger partial charge >= 0.3 is 0 Å². The van der Waals surface area contributed by atoms with E-state index in [4.69, 9.17) is 4.74 Å². The van der Waals surface area contributed by atoms with Gasteiger partial charge < -0.3 is 4.74 Å².